The highest BCUT2D eigenvalue weighted by Crippen LogP contribution is 2.29. The molecule has 1 heterocycles. The molecular formula is C14H14ClNO2S. The van der Waals surface area contributed by atoms with Crippen LogP contribution in [-0.2, 0) is 0 Å². The van der Waals surface area contributed by atoms with Crippen molar-refractivity contribution in [3.8, 4) is 11.5 Å². The van der Waals surface area contributed by atoms with Crippen LogP contribution in [0.1, 0.15) is 0 Å². The van der Waals surface area contributed by atoms with Crippen LogP contribution in [0, 0.1) is 0 Å². The van der Waals surface area contributed by atoms with Crippen molar-refractivity contribution in [1.82, 2.24) is 4.90 Å². The molecule has 0 saturated heterocycles. The number of hydrogen-bond donors (Lipinski definition) is 0. The quantitative estimate of drug-likeness (QED) is 0.626. The van der Waals surface area contributed by atoms with Gasteiger partial charge in [-0.1, -0.05) is 36.4 Å². The summed E-state index contributed by atoms with van der Waals surface area (Å²) < 4.78 is 11.1. The molecule has 0 spiro atoms. The first-order valence-corrected chi connectivity index (χ1v) is 6.64. The van der Waals surface area contributed by atoms with Crippen molar-refractivity contribution < 1.29 is 9.47 Å². The molecule has 1 aliphatic heterocycles. The lowest BCUT2D eigenvalue weighted by molar-refractivity contribution is 0.360. The van der Waals surface area contributed by atoms with Crippen LogP contribution in [0.15, 0.2) is 43.0 Å². The van der Waals surface area contributed by atoms with Crippen LogP contribution >= 0.6 is 23.8 Å². The fourth-order valence-corrected chi connectivity index (χ4v) is 2.02. The van der Waals surface area contributed by atoms with E-state index >= 15 is 0 Å². The average molecular weight is 296 g/mol. The van der Waals surface area contributed by atoms with Crippen molar-refractivity contribution in [2.24, 2.45) is 0 Å². The Morgan fingerprint density at radius 1 is 1.42 bits per heavy atom. The van der Waals surface area contributed by atoms with E-state index < -0.39 is 0 Å². The first kappa shape index (κ1) is 13.9. The first-order chi connectivity index (χ1) is 9.20. The van der Waals surface area contributed by atoms with Crippen LogP contribution in [0.4, 0.5) is 0 Å². The first-order valence-electron chi connectivity index (χ1n) is 5.85. The second-order valence-corrected chi connectivity index (χ2v) is 4.69. The Bertz CT molecular complexity index is 508. The van der Waals surface area contributed by atoms with Crippen LogP contribution in [0.5, 0.6) is 11.5 Å². The van der Waals surface area contributed by atoms with Crippen LogP contribution in [-0.4, -0.2) is 29.8 Å². The molecule has 0 unspecified atom stereocenters. The van der Waals surface area contributed by atoms with Crippen LogP contribution in [0.2, 0.25) is 5.02 Å². The van der Waals surface area contributed by atoms with Gasteiger partial charge >= 0.3 is 0 Å². The molecule has 3 nitrogen and oxygen atoms in total. The Hall–Kier alpha value is -1.52. The number of ether oxygens (including phenoxy) is 2. The minimum absolute atomic E-state index is 0.393. The normalized spacial score (nSPS) is 13.4. The minimum Gasteiger partial charge on any atom is -0.488 e. The summed E-state index contributed by atoms with van der Waals surface area (Å²) in [5.74, 6) is 1.17. The molecule has 1 aliphatic rings. The van der Waals surface area contributed by atoms with Crippen molar-refractivity contribution >= 4 is 29.0 Å². The minimum atomic E-state index is 0.393. The smallest absolute Gasteiger partial charge is 0.265 e. The highest BCUT2D eigenvalue weighted by atomic mass is 35.5. The van der Waals surface area contributed by atoms with E-state index in [1.54, 1.807) is 24.3 Å². The van der Waals surface area contributed by atoms with Crippen LogP contribution in [0.3, 0.4) is 0 Å². The van der Waals surface area contributed by atoms with E-state index in [2.05, 4.69) is 18.7 Å². The Morgan fingerprint density at radius 3 is 2.84 bits per heavy atom. The molecule has 0 aromatic heterocycles. The van der Waals surface area contributed by atoms with Gasteiger partial charge in [0.25, 0.3) is 5.17 Å². The predicted molar refractivity (Wildman–Crippen MR) is 81.1 cm³/mol. The van der Waals surface area contributed by atoms with E-state index in [4.69, 9.17) is 33.3 Å². The Labute approximate surface area is 123 Å². The molecule has 0 N–H and O–H groups in total. The fraction of sp³-hybridized carbons (Fsp3) is 0.214. The zero-order valence-electron chi connectivity index (χ0n) is 10.3. The maximum absolute atomic E-state index is 6.03. The molecule has 0 bridgehead atoms. The second-order valence-electron chi connectivity index (χ2n) is 3.94. The maximum atomic E-state index is 6.03. The monoisotopic (exact) mass is 295 g/mol. The molecular weight excluding hydrogens is 282 g/mol. The molecule has 0 saturated carbocycles. The lowest BCUT2D eigenvalue weighted by Gasteiger charge is -2.18. The topological polar surface area (TPSA) is 21.7 Å². The van der Waals surface area contributed by atoms with Crippen molar-refractivity contribution in [2.75, 3.05) is 19.7 Å². The highest BCUT2D eigenvalue weighted by molar-refractivity contribution is 7.80. The van der Waals surface area contributed by atoms with Gasteiger partial charge in [-0.05, 0) is 24.4 Å². The van der Waals surface area contributed by atoms with Gasteiger partial charge in [-0.2, -0.15) is 0 Å². The van der Waals surface area contributed by atoms with Gasteiger partial charge in [-0.3, -0.25) is 0 Å². The van der Waals surface area contributed by atoms with Gasteiger partial charge in [0.2, 0.25) is 0 Å². The predicted octanol–water partition coefficient (Wildman–Crippen LogP) is 3.44. The standard InChI is InChI=1S/C14H14ClNO2S/c1-2-9-17-13-10-11(5-6-12(13)15)18-14(19)16-7-3-4-8-16/h2-6,10H,1,7-9H2. The molecule has 2 rings (SSSR count). The number of thiocarbonyl (C=S) groups is 1. The molecule has 100 valence electrons. The van der Waals surface area contributed by atoms with Crippen LogP contribution in [0.25, 0.3) is 0 Å². The van der Waals surface area contributed by atoms with Crippen molar-refractivity contribution in [2.45, 2.75) is 0 Å². The summed E-state index contributed by atoms with van der Waals surface area (Å²) in [4.78, 5) is 1.95. The van der Waals surface area contributed by atoms with Crippen molar-refractivity contribution in [1.29, 1.82) is 0 Å². The molecule has 0 amide bonds. The lowest BCUT2D eigenvalue weighted by atomic mass is 10.3. The molecule has 0 aliphatic carbocycles. The third-order valence-corrected chi connectivity index (χ3v) is 3.19. The number of rotatable bonds is 4. The third kappa shape index (κ3) is 3.72. The molecule has 0 atom stereocenters. The summed E-state index contributed by atoms with van der Waals surface area (Å²) in [5, 5.41) is 0.977. The van der Waals surface area contributed by atoms with E-state index in [9.17, 15) is 0 Å². The molecule has 5 heteroatoms. The number of halogens is 1. The number of nitrogens with zero attached hydrogens (tertiary/aromatic N) is 1. The maximum Gasteiger partial charge on any atom is 0.265 e. The second kappa shape index (κ2) is 6.59. The Kier molecular flexibility index (Phi) is 4.82. The third-order valence-electron chi connectivity index (χ3n) is 2.54. The van der Waals surface area contributed by atoms with Gasteiger partial charge in [-0.25, -0.2) is 0 Å². The van der Waals surface area contributed by atoms with E-state index in [1.165, 1.54) is 0 Å². The zero-order chi connectivity index (χ0) is 13.7. The average Bonchev–Trinajstić information content (AvgIpc) is 2.93. The zero-order valence-corrected chi connectivity index (χ0v) is 11.9. The summed E-state index contributed by atoms with van der Waals surface area (Å²) in [6, 6.07) is 5.21. The Morgan fingerprint density at radius 2 is 2.16 bits per heavy atom. The van der Waals surface area contributed by atoms with E-state index in [1.807, 2.05) is 4.90 Å². The summed E-state index contributed by atoms with van der Waals surface area (Å²) in [6.45, 7) is 5.56. The van der Waals surface area contributed by atoms with Gasteiger partial charge < -0.3 is 14.4 Å². The van der Waals surface area contributed by atoms with Gasteiger partial charge in [-0.15, -0.1) is 0 Å². The molecule has 1 aromatic rings. The summed E-state index contributed by atoms with van der Waals surface area (Å²) >= 11 is 11.3. The van der Waals surface area contributed by atoms with Crippen molar-refractivity contribution in [3.05, 3.63) is 48.0 Å². The molecule has 0 radical (unpaired) electrons. The SMILES string of the molecule is C=CCOc1cc(OC(=S)N2CC=CC2)ccc1Cl. The molecule has 19 heavy (non-hydrogen) atoms. The fourth-order valence-electron chi connectivity index (χ4n) is 1.60. The van der Waals surface area contributed by atoms with Gasteiger partial charge in [0.1, 0.15) is 18.1 Å². The van der Waals surface area contributed by atoms with Crippen molar-refractivity contribution in [3.63, 3.8) is 0 Å². The van der Waals surface area contributed by atoms with Crippen LogP contribution < -0.4 is 9.47 Å². The van der Waals surface area contributed by atoms with Gasteiger partial charge in [0.15, 0.2) is 0 Å². The van der Waals surface area contributed by atoms with E-state index in [0.717, 1.165) is 13.1 Å². The van der Waals surface area contributed by atoms with Gasteiger partial charge in [0, 0.05) is 19.2 Å². The number of hydrogen-bond acceptors (Lipinski definition) is 3. The highest BCUT2D eigenvalue weighted by Gasteiger charge is 2.13. The summed E-state index contributed by atoms with van der Waals surface area (Å²) in [6.07, 6.45) is 5.76. The lowest BCUT2D eigenvalue weighted by Crippen LogP contribution is -2.30. The summed E-state index contributed by atoms with van der Waals surface area (Å²) in [7, 11) is 0. The number of benzene rings is 1. The Balaban J connectivity index is 2.03. The summed E-state index contributed by atoms with van der Waals surface area (Å²) in [5.41, 5.74) is 0. The molecule has 0 fully saturated rings. The largest absolute Gasteiger partial charge is 0.488 e. The van der Waals surface area contributed by atoms with Gasteiger partial charge in [0.05, 0.1) is 5.02 Å². The molecule has 1 aromatic carbocycles. The van der Waals surface area contributed by atoms with E-state index in [-0.39, 0.29) is 0 Å². The van der Waals surface area contributed by atoms with E-state index in [0.29, 0.717) is 28.3 Å².